The molecule has 1 aromatic carbocycles. The number of ether oxygens (including phenoxy) is 1. The van der Waals surface area contributed by atoms with E-state index in [1.54, 1.807) is 24.3 Å². The molecule has 0 aliphatic carbocycles. The molecule has 5 nitrogen and oxygen atoms in total. The fraction of sp³-hybridized carbons (Fsp3) is 0.538. The third-order valence-electron chi connectivity index (χ3n) is 3.28. The Labute approximate surface area is 114 Å². The largest absolute Gasteiger partial charge is 0.378 e. The fourth-order valence-electron chi connectivity index (χ4n) is 2.20. The highest BCUT2D eigenvalue weighted by Gasteiger charge is 2.24. The topological polar surface area (TPSA) is 81.4 Å². The summed E-state index contributed by atoms with van der Waals surface area (Å²) < 4.78 is 32.6. The quantitative estimate of drug-likeness (QED) is 0.864. The number of nitrogens with one attached hydrogen (secondary N) is 1. The van der Waals surface area contributed by atoms with Crippen LogP contribution in [0.1, 0.15) is 25.3 Å². The highest BCUT2D eigenvalue weighted by atomic mass is 32.2. The van der Waals surface area contributed by atoms with Crippen LogP contribution in [0.15, 0.2) is 29.2 Å². The van der Waals surface area contributed by atoms with Gasteiger partial charge >= 0.3 is 0 Å². The number of nitrogens with two attached hydrogens (primary N) is 1. The Morgan fingerprint density at radius 3 is 2.63 bits per heavy atom. The lowest BCUT2D eigenvalue weighted by molar-refractivity contribution is 0.0173. The smallest absolute Gasteiger partial charge is 0.240 e. The van der Waals surface area contributed by atoms with Crippen LogP contribution in [0.3, 0.4) is 0 Å². The van der Waals surface area contributed by atoms with Gasteiger partial charge in [0.25, 0.3) is 0 Å². The molecule has 106 valence electrons. The lowest BCUT2D eigenvalue weighted by Crippen LogP contribution is -2.41. The molecule has 1 aliphatic rings. The predicted octanol–water partition coefficient (Wildman–Crippen LogP) is 0.991. The molecule has 0 bridgehead atoms. The van der Waals surface area contributed by atoms with E-state index in [1.807, 2.05) is 6.92 Å². The van der Waals surface area contributed by atoms with Gasteiger partial charge in [-0.25, -0.2) is 13.1 Å². The zero-order chi connectivity index (χ0) is 13.9. The van der Waals surface area contributed by atoms with Crippen molar-refractivity contribution in [3.63, 3.8) is 0 Å². The van der Waals surface area contributed by atoms with E-state index in [2.05, 4.69) is 4.72 Å². The summed E-state index contributed by atoms with van der Waals surface area (Å²) in [7, 11) is -3.45. The van der Waals surface area contributed by atoms with Gasteiger partial charge in [-0.3, -0.25) is 0 Å². The summed E-state index contributed by atoms with van der Waals surface area (Å²) in [6, 6.07) is 6.60. The van der Waals surface area contributed by atoms with Crippen LogP contribution >= 0.6 is 0 Å². The first-order valence-corrected chi connectivity index (χ1v) is 7.92. The van der Waals surface area contributed by atoms with Gasteiger partial charge in [-0.05, 0) is 37.5 Å². The molecular weight excluding hydrogens is 264 g/mol. The summed E-state index contributed by atoms with van der Waals surface area (Å²) in [5.74, 6) is 0. The van der Waals surface area contributed by atoms with Gasteiger partial charge in [-0.15, -0.1) is 0 Å². The van der Waals surface area contributed by atoms with Crippen LogP contribution in [0.2, 0.25) is 0 Å². The minimum absolute atomic E-state index is 0.0528. The Balaban J connectivity index is 2.08. The minimum atomic E-state index is -3.45. The Bertz CT molecular complexity index is 513. The molecule has 0 saturated carbocycles. The molecule has 2 atom stereocenters. The van der Waals surface area contributed by atoms with Crippen molar-refractivity contribution in [1.29, 1.82) is 0 Å². The highest BCUT2D eigenvalue weighted by molar-refractivity contribution is 7.89. The van der Waals surface area contributed by atoms with Crippen molar-refractivity contribution in [1.82, 2.24) is 4.72 Å². The van der Waals surface area contributed by atoms with Crippen molar-refractivity contribution in [2.45, 2.75) is 43.4 Å². The Kier molecular flexibility index (Phi) is 4.57. The maximum Gasteiger partial charge on any atom is 0.240 e. The zero-order valence-corrected chi connectivity index (χ0v) is 11.8. The average Bonchev–Trinajstić information content (AvgIpc) is 2.38. The average molecular weight is 284 g/mol. The maximum atomic E-state index is 12.2. The van der Waals surface area contributed by atoms with Crippen LogP contribution in [0, 0.1) is 0 Å². The molecule has 0 amide bonds. The van der Waals surface area contributed by atoms with Crippen molar-refractivity contribution < 1.29 is 13.2 Å². The van der Waals surface area contributed by atoms with Crippen LogP contribution in [-0.2, 0) is 21.3 Å². The molecule has 2 unspecified atom stereocenters. The summed E-state index contributed by atoms with van der Waals surface area (Å²) in [4.78, 5) is 0.281. The normalized spacial score (nSPS) is 24.3. The summed E-state index contributed by atoms with van der Waals surface area (Å²) >= 11 is 0. The molecule has 0 spiro atoms. The molecule has 6 heteroatoms. The van der Waals surface area contributed by atoms with E-state index < -0.39 is 10.0 Å². The summed E-state index contributed by atoms with van der Waals surface area (Å²) in [5.41, 5.74) is 6.41. The Morgan fingerprint density at radius 2 is 2.05 bits per heavy atom. The molecule has 19 heavy (non-hydrogen) atoms. The van der Waals surface area contributed by atoms with Gasteiger partial charge in [0.15, 0.2) is 0 Å². The molecule has 1 aliphatic heterocycles. The van der Waals surface area contributed by atoms with Crippen molar-refractivity contribution >= 4 is 10.0 Å². The second-order valence-corrected chi connectivity index (χ2v) is 6.59. The first kappa shape index (κ1) is 14.5. The van der Waals surface area contributed by atoms with Crippen molar-refractivity contribution in [2.24, 2.45) is 5.73 Å². The maximum absolute atomic E-state index is 12.2. The molecule has 1 aromatic rings. The van der Waals surface area contributed by atoms with E-state index in [0.717, 1.165) is 5.56 Å². The molecule has 2 rings (SSSR count). The van der Waals surface area contributed by atoms with E-state index in [-0.39, 0.29) is 17.0 Å². The van der Waals surface area contributed by atoms with Gasteiger partial charge in [0.1, 0.15) is 0 Å². The molecular formula is C13H20N2O3S. The van der Waals surface area contributed by atoms with Gasteiger partial charge in [0.2, 0.25) is 10.0 Å². The first-order valence-electron chi connectivity index (χ1n) is 6.44. The van der Waals surface area contributed by atoms with E-state index in [4.69, 9.17) is 10.5 Å². The van der Waals surface area contributed by atoms with Crippen molar-refractivity contribution in [3.8, 4) is 0 Å². The number of rotatable bonds is 4. The number of sulfonamides is 1. The fourth-order valence-corrected chi connectivity index (χ4v) is 3.48. The highest BCUT2D eigenvalue weighted by Crippen LogP contribution is 2.17. The van der Waals surface area contributed by atoms with E-state index >= 15 is 0 Å². The van der Waals surface area contributed by atoms with E-state index in [1.165, 1.54) is 0 Å². The summed E-state index contributed by atoms with van der Waals surface area (Å²) in [6.45, 7) is 2.96. The molecule has 3 N–H and O–H groups in total. The van der Waals surface area contributed by atoms with E-state index in [9.17, 15) is 8.42 Å². The zero-order valence-electron chi connectivity index (χ0n) is 11.0. The molecule has 0 aromatic heterocycles. The lowest BCUT2D eigenvalue weighted by Gasteiger charge is -2.27. The predicted molar refractivity (Wildman–Crippen MR) is 73.1 cm³/mol. The van der Waals surface area contributed by atoms with Gasteiger partial charge in [-0.1, -0.05) is 12.1 Å². The van der Waals surface area contributed by atoms with Crippen LogP contribution < -0.4 is 10.5 Å². The van der Waals surface area contributed by atoms with Crippen LogP contribution in [0.5, 0.6) is 0 Å². The molecule has 0 radical (unpaired) electrons. The lowest BCUT2D eigenvalue weighted by atomic mass is 10.1. The van der Waals surface area contributed by atoms with Crippen LogP contribution in [0.4, 0.5) is 0 Å². The summed E-state index contributed by atoms with van der Waals surface area (Å²) in [6.07, 6.45) is 1.52. The SMILES string of the molecule is CC1CC(NS(=O)(=O)c2ccc(CN)cc2)CCO1. The second-order valence-electron chi connectivity index (χ2n) is 4.87. The monoisotopic (exact) mass is 284 g/mol. The first-order chi connectivity index (χ1) is 9.01. The van der Waals surface area contributed by atoms with Gasteiger partial charge in [0.05, 0.1) is 11.0 Å². The summed E-state index contributed by atoms with van der Waals surface area (Å²) in [5, 5.41) is 0. The van der Waals surface area contributed by atoms with Crippen LogP contribution in [0.25, 0.3) is 0 Å². The van der Waals surface area contributed by atoms with Crippen molar-refractivity contribution in [2.75, 3.05) is 6.61 Å². The third kappa shape index (κ3) is 3.76. The Hall–Kier alpha value is -0.950. The van der Waals surface area contributed by atoms with E-state index in [0.29, 0.717) is 26.0 Å². The third-order valence-corrected chi connectivity index (χ3v) is 4.81. The molecule has 1 fully saturated rings. The van der Waals surface area contributed by atoms with Gasteiger partial charge in [0, 0.05) is 19.2 Å². The number of benzene rings is 1. The van der Waals surface area contributed by atoms with Crippen LogP contribution in [-0.4, -0.2) is 27.2 Å². The van der Waals surface area contributed by atoms with Gasteiger partial charge < -0.3 is 10.5 Å². The molecule has 1 saturated heterocycles. The second kappa shape index (κ2) is 6.00. The van der Waals surface area contributed by atoms with Crippen molar-refractivity contribution in [3.05, 3.63) is 29.8 Å². The van der Waals surface area contributed by atoms with Gasteiger partial charge in [-0.2, -0.15) is 0 Å². The Morgan fingerprint density at radius 1 is 1.37 bits per heavy atom. The minimum Gasteiger partial charge on any atom is -0.378 e. The molecule has 1 heterocycles. The number of hydrogen-bond donors (Lipinski definition) is 2. The number of hydrogen-bond acceptors (Lipinski definition) is 4. The standard InChI is InChI=1S/C13H20N2O3S/c1-10-8-12(6-7-18-10)15-19(16,17)13-4-2-11(9-14)3-5-13/h2-5,10,12,15H,6-9,14H2,1H3.